The molecule has 0 bridgehead atoms. The molecular formula is C7H7K2NO2S2. The van der Waals surface area contributed by atoms with Gasteiger partial charge < -0.3 is 34.2 Å². The first-order valence-corrected chi connectivity index (χ1v) is 4.00. The van der Waals surface area contributed by atoms with E-state index in [0.29, 0.717) is 0 Å². The van der Waals surface area contributed by atoms with Crippen LogP contribution in [-0.4, -0.2) is 12.1 Å². The van der Waals surface area contributed by atoms with E-state index < -0.39 is 5.97 Å². The average molecular weight is 279 g/mol. The Labute approximate surface area is 180 Å². The van der Waals surface area contributed by atoms with E-state index in [1.165, 1.54) is 0 Å². The zero-order valence-electron chi connectivity index (χ0n) is 8.66. The minimum absolute atomic E-state index is 0. The normalized spacial score (nSPS) is 7.57. The molecule has 0 fully saturated rings. The Morgan fingerprint density at radius 2 is 1.79 bits per heavy atom. The summed E-state index contributed by atoms with van der Waals surface area (Å²) >= 11 is 9.00. The van der Waals surface area contributed by atoms with Crippen LogP contribution in [0.4, 0.5) is 0 Å². The molecule has 0 rings (SSSR count). The second-order valence-corrected chi connectivity index (χ2v) is 3.30. The van der Waals surface area contributed by atoms with E-state index in [2.05, 4.69) is 25.3 Å². The Kier molecular flexibility index (Phi) is 18.4. The fourth-order valence-electron chi connectivity index (χ4n) is 0.448. The molecule has 0 spiro atoms. The van der Waals surface area contributed by atoms with E-state index in [4.69, 9.17) is 10.00 Å². The number of carbonyl (C=O) groups is 1. The van der Waals surface area contributed by atoms with Gasteiger partial charge >= 0.3 is 109 Å². The number of nitrogens with zero attached hydrogens (tertiary/aromatic N) is 1. The van der Waals surface area contributed by atoms with Crippen LogP contribution in [-0.2, 0) is 34.8 Å². The van der Waals surface area contributed by atoms with Crippen LogP contribution in [0.15, 0.2) is 9.81 Å². The quantitative estimate of drug-likeness (QED) is 0.166. The molecule has 0 aromatic carbocycles. The SMILES string of the molecule is CC(C)OC(=O)C(C#N)=C([S-])[S-].[K+].[K+]. The number of ether oxygens (including phenoxy) is 1. The Hall–Kier alpha value is 2.41. The molecule has 0 aromatic rings. The van der Waals surface area contributed by atoms with Crippen molar-refractivity contribution in [3.8, 4) is 6.07 Å². The van der Waals surface area contributed by atoms with Gasteiger partial charge in [-0.05, 0) is 13.8 Å². The summed E-state index contributed by atoms with van der Waals surface area (Å²) in [5, 5.41) is 8.44. The first-order valence-electron chi connectivity index (χ1n) is 3.18. The molecule has 0 heterocycles. The van der Waals surface area contributed by atoms with Gasteiger partial charge in [0.05, 0.1) is 11.7 Å². The van der Waals surface area contributed by atoms with Crippen molar-refractivity contribution in [1.29, 1.82) is 5.26 Å². The van der Waals surface area contributed by atoms with Crippen molar-refractivity contribution in [3.63, 3.8) is 0 Å². The summed E-state index contributed by atoms with van der Waals surface area (Å²) in [7, 11) is 0. The largest absolute Gasteiger partial charge is 1.00 e. The molecule has 7 heteroatoms. The van der Waals surface area contributed by atoms with Gasteiger partial charge in [0.25, 0.3) is 0 Å². The van der Waals surface area contributed by atoms with E-state index >= 15 is 0 Å². The van der Waals surface area contributed by atoms with Gasteiger partial charge in [0.1, 0.15) is 6.07 Å². The molecule has 0 N–H and O–H groups in total. The summed E-state index contributed by atoms with van der Waals surface area (Å²) in [6, 6.07) is 1.60. The van der Waals surface area contributed by atoms with Gasteiger partial charge in [-0.3, -0.25) is 0 Å². The number of rotatable bonds is 2. The molecule has 0 saturated carbocycles. The monoisotopic (exact) mass is 279 g/mol. The molecule has 0 aliphatic carbocycles. The molecule has 0 saturated heterocycles. The molecular weight excluding hydrogens is 272 g/mol. The summed E-state index contributed by atoms with van der Waals surface area (Å²) in [6.07, 6.45) is -0.273. The van der Waals surface area contributed by atoms with Crippen LogP contribution in [0.25, 0.3) is 0 Å². The Bertz CT molecular complexity index is 257. The fraction of sp³-hybridized carbons (Fsp3) is 0.429. The van der Waals surface area contributed by atoms with Crippen LogP contribution >= 0.6 is 0 Å². The number of esters is 1. The molecule has 0 amide bonds. The van der Waals surface area contributed by atoms with Crippen LogP contribution in [0, 0.1) is 11.3 Å². The van der Waals surface area contributed by atoms with Crippen molar-refractivity contribution in [2.75, 3.05) is 0 Å². The zero-order chi connectivity index (χ0) is 9.72. The maximum absolute atomic E-state index is 11.0. The van der Waals surface area contributed by atoms with E-state index in [0.717, 1.165) is 0 Å². The summed E-state index contributed by atoms with van der Waals surface area (Å²) in [4.78, 5) is 11.0. The number of nitriles is 1. The second kappa shape index (κ2) is 11.9. The van der Waals surface area contributed by atoms with Gasteiger partial charge in [0, 0.05) is 0 Å². The minimum Gasteiger partial charge on any atom is -0.806 e. The standard InChI is InChI=1S/C7H9NO2S2.2K/c1-4(2)10-6(9)5(3-8)7(11)12;;/h4,11-12H,1-2H3;;/q;2*+1/p-2. The maximum Gasteiger partial charge on any atom is 1.00 e. The molecule has 14 heavy (non-hydrogen) atoms. The third-order valence-electron chi connectivity index (χ3n) is 0.863. The van der Waals surface area contributed by atoms with Crippen molar-refractivity contribution in [2.45, 2.75) is 20.0 Å². The molecule has 3 nitrogen and oxygen atoms in total. The third kappa shape index (κ3) is 9.63. The van der Waals surface area contributed by atoms with Crippen LogP contribution in [0.5, 0.6) is 0 Å². The van der Waals surface area contributed by atoms with Crippen molar-refractivity contribution < 1.29 is 112 Å². The van der Waals surface area contributed by atoms with E-state index in [1.54, 1.807) is 19.9 Å². The smallest absolute Gasteiger partial charge is 0.806 e. The summed E-state index contributed by atoms with van der Waals surface area (Å²) < 4.78 is 4.56. The molecule has 66 valence electrons. The topological polar surface area (TPSA) is 50.1 Å². The van der Waals surface area contributed by atoms with Crippen LogP contribution in [0.1, 0.15) is 13.8 Å². The van der Waals surface area contributed by atoms with Gasteiger partial charge in [-0.1, -0.05) is 0 Å². The molecule has 0 aliphatic heterocycles. The predicted molar refractivity (Wildman–Crippen MR) is 48.6 cm³/mol. The van der Waals surface area contributed by atoms with E-state index in [-0.39, 0.29) is 119 Å². The third-order valence-corrected chi connectivity index (χ3v) is 1.27. The first-order chi connectivity index (χ1) is 5.49. The summed E-state index contributed by atoms with van der Waals surface area (Å²) in [5.74, 6) is -0.743. The van der Waals surface area contributed by atoms with Crippen molar-refractivity contribution >= 4 is 31.2 Å². The Morgan fingerprint density at radius 1 is 1.36 bits per heavy atom. The Balaban J connectivity index is -0.000000605. The molecule has 0 radical (unpaired) electrons. The van der Waals surface area contributed by atoms with Crippen molar-refractivity contribution in [3.05, 3.63) is 9.81 Å². The maximum atomic E-state index is 11.0. The van der Waals surface area contributed by atoms with E-state index in [9.17, 15) is 4.79 Å². The molecule has 0 aliphatic rings. The number of hydrogen-bond acceptors (Lipinski definition) is 5. The molecule has 0 unspecified atom stereocenters. The van der Waals surface area contributed by atoms with Gasteiger partial charge in [-0.2, -0.15) is 5.26 Å². The molecule has 0 atom stereocenters. The predicted octanol–water partition coefficient (Wildman–Crippen LogP) is -5.23. The van der Waals surface area contributed by atoms with Crippen LogP contribution in [0.2, 0.25) is 0 Å². The number of hydrogen-bond donors (Lipinski definition) is 0. The van der Waals surface area contributed by atoms with Crippen molar-refractivity contribution in [2.24, 2.45) is 0 Å². The number of carbonyl (C=O) groups excluding carboxylic acids is 1. The Morgan fingerprint density at radius 3 is 2.00 bits per heavy atom. The van der Waals surface area contributed by atoms with Crippen LogP contribution < -0.4 is 103 Å². The van der Waals surface area contributed by atoms with Gasteiger partial charge in [-0.15, -0.1) is 0 Å². The van der Waals surface area contributed by atoms with E-state index in [1.807, 2.05) is 0 Å². The zero-order valence-corrected chi connectivity index (χ0v) is 16.5. The molecule has 0 aromatic heterocycles. The average Bonchev–Trinajstić information content (AvgIpc) is 1.85. The minimum atomic E-state index is -0.743. The van der Waals surface area contributed by atoms with Gasteiger partial charge in [-0.25, -0.2) is 4.79 Å². The van der Waals surface area contributed by atoms with Gasteiger partial charge in [0.2, 0.25) is 0 Å². The summed E-state index contributed by atoms with van der Waals surface area (Å²) in [5.41, 5.74) is -0.270. The van der Waals surface area contributed by atoms with Gasteiger partial charge in [0.15, 0.2) is 0 Å². The first kappa shape index (κ1) is 21.7. The van der Waals surface area contributed by atoms with Crippen molar-refractivity contribution in [1.82, 2.24) is 0 Å². The second-order valence-electron chi connectivity index (χ2n) is 2.23. The summed E-state index contributed by atoms with van der Waals surface area (Å²) in [6.45, 7) is 3.36. The fourth-order valence-corrected chi connectivity index (χ4v) is 0.706. The van der Waals surface area contributed by atoms with Crippen LogP contribution in [0.3, 0.4) is 0 Å².